The molecule has 2 N–H and O–H groups in total. The molecule has 0 bridgehead atoms. The van der Waals surface area contributed by atoms with Gasteiger partial charge in [-0.15, -0.1) is 0 Å². The molecule has 0 aromatic carbocycles. The summed E-state index contributed by atoms with van der Waals surface area (Å²) in [6.07, 6.45) is 8.89. The Morgan fingerprint density at radius 3 is 2.47 bits per heavy atom. The molecule has 0 aromatic rings. The average molecular weight is 266 g/mol. The van der Waals surface area contributed by atoms with Gasteiger partial charge in [-0.2, -0.15) is 0 Å². The van der Waals surface area contributed by atoms with E-state index in [9.17, 15) is 4.79 Å². The van der Waals surface area contributed by atoms with Gasteiger partial charge in [0.2, 0.25) is 5.91 Å². The Balaban J connectivity index is 2.01. The second-order valence-corrected chi connectivity index (χ2v) is 7.20. The van der Waals surface area contributed by atoms with Gasteiger partial charge in [-0.25, -0.2) is 0 Å². The molecule has 19 heavy (non-hydrogen) atoms. The molecular weight excluding hydrogens is 236 g/mol. The van der Waals surface area contributed by atoms with Gasteiger partial charge in [0.25, 0.3) is 0 Å². The van der Waals surface area contributed by atoms with E-state index < -0.39 is 5.54 Å². The Hall–Kier alpha value is -0.570. The van der Waals surface area contributed by atoms with Gasteiger partial charge < -0.3 is 10.6 Å². The number of amides is 1. The van der Waals surface area contributed by atoms with E-state index in [4.69, 9.17) is 5.73 Å². The summed E-state index contributed by atoms with van der Waals surface area (Å²) in [6.45, 7) is 4.52. The van der Waals surface area contributed by atoms with Gasteiger partial charge in [0, 0.05) is 13.1 Å². The Morgan fingerprint density at radius 2 is 1.84 bits per heavy atom. The summed E-state index contributed by atoms with van der Waals surface area (Å²) in [7, 11) is 1.97. The van der Waals surface area contributed by atoms with Crippen LogP contribution in [0.4, 0.5) is 0 Å². The average Bonchev–Trinajstić information content (AvgIpc) is 2.36. The lowest BCUT2D eigenvalue weighted by molar-refractivity contribution is -0.140. The van der Waals surface area contributed by atoms with Gasteiger partial charge in [0.05, 0.1) is 5.54 Å². The maximum absolute atomic E-state index is 12.8. The highest BCUT2D eigenvalue weighted by Crippen LogP contribution is 2.34. The molecule has 3 nitrogen and oxygen atoms in total. The summed E-state index contributed by atoms with van der Waals surface area (Å²) in [5.74, 6) is 1.52. The van der Waals surface area contributed by atoms with E-state index in [1.165, 1.54) is 19.3 Å². The highest BCUT2D eigenvalue weighted by molar-refractivity contribution is 5.86. The Bertz CT molecular complexity index is 331. The Labute approximate surface area is 117 Å². The minimum absolute atomic E-state index is 0.193. The fourth-order valence-electron chi connectivity index (χ4n) is 4.06. The van der Waals surface area contributed by atoms with Gasteiger partial charge in [-0.3, -0.25) is 4.79 Å². The molecule has 0 saturated heterocycles. The van der Waals surface area contributed by atoms with Crippen molar-refractivity contribution in [3.63, 3.8) is 0 Å². The third-order valence-corrected chi connectivity index (χ3v) is 5.24. The fourth-order valence-corrected chi connectivity index (χ4v) is 4.06. The van der Waals surface area contributed by atoms with Crippen molar-refractivity contribution < 1.29 is 4.79 Å². The third-order valence-electron chi connectivity index (χ3n) is 5.24. The molecule has 4 unspecified atom stereocenters. The van der Waals surface area contributed by atoms with Crippen LogP contribution in [0, 0.1) is 11.8 Å². The van der Waals surface area contributed by atoms with Gasteiger partial charge in [-0.05, 0) is 37.5 Å². The maximum Gasteiger partial charge on any atom is 0.242 e. The van der Waals surface area contributed by atoms with Crippen molar-refractivity contribution in [1.82, 2.24) is 4.90 Å². The normalized spacial score (nSPS) is 39.9. The molecule has 0 spiro atoms. The van der Waals surface area contributed by atoms with Gasteiger partial charge in [0.1, 0.15) is 0 Å². The van der Waals surface area contributed by atoms with Gasteiger partial charge >= 0.3 is 0 Å². The van der Waals surface area contributed by atoms with E-state index in [-0.39, 0.29) is 5.91 Å². The van der Waals surface area contributed by atoms with Crippen molar-refractivity contribution in [2.45, 2.75) is 76.8 Å². The van der Waals surface area contributed by atoms with E-state index in [1.54, 1.807) is 0 Å². The number of rotatable bonds is 2. The van der Waals surface area contributed by atoms with E-state index in [0.29, 0.717) is 12.0 Å². The first-order chi connectivity index (χ1) is 8.92. The summed E-state index contributed by atoms with van der Waals surface area (Å²) in [6, 6.07) is 0.411. The number of nitrogens with two attached hydrogens (primary N) is 1. The highest BCUT2D eigenvalue weighted by atomic mass is 16.2. The van der Waals surface area contributed by atoms with E-state index in [2.05, 4.69) is 13.8 Å². The molecule has 2 aliphatic rings. The molecule has 3 heteroatoms. The predicted octanol–water partition coefficient (Wildman–Crippen LogP) is 2.93. The molecule has 4 atom stereocenters. The summed E-state index contributed by atoms with van der Waals surface area (Å²) in [5, 5.41) is 0. The van der Waals surface area contributed by atoms with Crippen molar-refractivity contribution in [1.29, 1.82) is 0 Å². The lowest BCUT2D eigenvalue weighted by Crippen LogP contribution is -2.58. The van der Waals surface area contributed by atoms with E-state index in [0.717, 1.165) is 38.0 Å². The van der Waals surface area contributed by atoms with E-state index in [1.807, 2.05) is 11.9 Å². The molecule has 0 aliphatic heterocycles. The quantitative estimate of drug-likeness (QED) is 0.835. The van der Waals surface area contributed by atoms with Crippen LogP contribution in [-0.4, -0.2) is 29.4 Å². The van der Waals surface area contributed by atoms with Crippen molar-refractivity contribution >= 4 is 5.91 Å². The van der Waals surface area contributed by atoms with Gasteiger partial charge in [0.15, 0.2) is 0 Å². The van der Waals surface area contributed by atoms with Crippen molar-refractivity contribution in [3.05, 3.63) is 0 Å². The molecule has 0 heterocycles. The molecule has 2 rings (SSSR count). The monoisotopic (exact) mass is 266 g/mol. The Morgan fingerprint density at radius 1 is 1.16 bits per heavy atom. The van der Waals surface area contributed by atoms with Crippen LogP contribution in [-0.2, 0) is 4.79 Å². The van der Waals surface area contributed by atoms with Crippen LogP contribution in [0.3, 0.4) is 0 Å². The summed E-state index contributed by atoms with van der Waals surface area (Å²) in [4.78, 5) is 14.8. The summed E-state index contributed by atoms with van der Waals surface area (Å²) >= 11 is 0. The van der Waals surface area contributed by atoms with Crippen LogP contribution in [0.15, 0.2) is 0 Å². The lowest BCUT2D eigenvalue weighted by Gasteiger charge is -2.42. The van der Waals surface area contributed by atoms with Crippen LogP contribution in [0.2, 0.25) is 0 Å². The fraction of sp³-hybridized carbons (Fsp3) is 0.938. The summed E-state index contributed by atoms with van der Waals surface area (Å²) < 4.78 is 0. The van der Waals surface area contributed by atoms with Crippen LogP contribution in [0.1, 0.15) is 65.2 Å². The molecule has 110 valence electrons. The first-order valence-corrected chi connectivity index (χ1v) is 7.98. The number of likely N-dealkylation sites (N-methyl/N-ethyl adjacent to an activating group) is 1. The molecular formula is C16H30N2O. The second kappa shape index (κ2) is 5.82. The second-order valence-electron chi connectivity index (χ2n) is 7.20. The minimum Gasteiger partial charge on any atom is -0.341 e. The Kier molecular flexibility index (Phi) is 4.54. The zero-order valence-corrected chi connectivity index (χ0v) is 12.8. The minimum atomic E-state index is -0.590. The van der Waals surface area contributed by atoms with Crippen LogP contribution < -0.4 is 5.73 Å². The van der Waals surface area contributed by atoms with Crippen molar-refractivity contribution in [2.75, 3.05) is 7.05 Å². The molecule has 2 saturated carbocycles. The van der Waals surface area contributed by atoms with Crippen LogP contribution in [0.5, 0.6) is 0 Å². The summed E-state index contributed by atoms with van der Waals surface area (Å²) in [5.41, 5.74) is 5.85. The molecule has 0 radical (unpaired) electrons. The number of nitrogens with zero attached hydrogens (tertiary/aromatic N) is 1. The number of carbonyl (C=O) groups excluding carboxylic acids is 1. The standard InChI is InChI=1S/C16H30N2O/c1-12-6-4-8-14(10-12)18(3)15(19)16(17)9-5-7-13(2)11-16/h12-14H,4-11,17H2,1-3H3. The van der Waals surface area contributed by atoms with Crippen molar-refractivity contribution in [2.24, 2.45) is 17.6 Å². The maximum atomic E-state index is 12.8. The lowest BCUT2D eigenvalue weighted by atomic mass is 9.75. The first-order valence-electron chi connectivity index (χ1n) is 7.98. The smallest absolute Gasteiger partial charge is 0.242 e. The van der Waals surface area contributed by atoms with E-state index >= 15 is 0 Å². The van der Waals surface area contributed by atoms with Gasteiger partial charge in [-0.1, -0.05) is 39.5 Å². The zero-order valence-electron chi connectivity index (χ0n) is 12.8. The topological polar surface area (TPSA) is 46.3 Å². The number of hydrogen-bond acceptors (Lipinski definition) is 2. The zero-order chi connectivity index (χ0) is 14.0. The number of carbonyl (C=O) groups is 1. The highest BCUT2D eigenvalue weighted by Gasteiger charge is 2.41. The molecule has 2 aliphatic carbocycles. The van der Waals surface area contributed by atoms with Crippen molar-refractivity contribution in [3.8, 4) is 0 Å². The first kappa shape index (κ1) is 14.8. The largest absolute Gasteiger partial charge is 0.341 e. The SMILES string of the molecule is CC1CCCC(N(C)C(=O)C2(N)CCCC(C)C2)C1. The molecule has 0 aromatic heterocycles. The van der Waals surface area contributed by atoms with Crippen LogP contribution in [0.25, 0.3) is 0 Å². The van der Waals surface area contributed by atoms with Crippen LogP contribution >= 0.6 is 0 Å². The third kappa shape index (κ3) is 3.31. The molecule has 2 fully saturated rings. The number of hydrogen-bond donors (Lipinski definition) is 1. The molecule has 1 amide bonds. The predicted molar refractivity (Wildman–Crippen MR) is 78.7 cm³/mol.